The first-order valence-electron chi connectivity index (χ1n) is 6.92. The van der Waals surface area contributed by atoms with E-state index in [0.717, 1.165) is 42.7 Å². The first kappa shape index (κ1) is 12.6. The van der Waals surface area contributed by atoms with Crippen LogP contribution in [-0.2, 0) is 18.2 Å². The molecule has 0 amide bonds. The molecule has 4 nitrogen and oxygen atoms in total. The normalized spacial score (nSPS) is 18.8. The smallest absolute Gasteiger partial charge is 0.0729 e. The number of benzene rings is 1. The number of aryl methyl sites for hydroxylation is 1. The van der Waals surface area contributed by atoms with Crippen molar-refractivity contribution in [1.82, 2.24) is 9.78 Å². The molecule has 0 aliphatic carbocycles. The molecule has 0 radical (unpaired) electrons. The van der Waals surface area contributed by atoms with Crippen molar-refractivity contribution in [2.45, 2.75) is 25.4 Å². The number of para-hydroxylation sites is 1. The van der Waals surface area contributed by atoms with Crippen LogP contribution in [0.1, 0.15) is 18.5 Å². The maximum atomic E-state index is 10.4. The van der Waals surface area contributed by atoms with Crippen LogP contribution in [0.5, 0.6) is 0 Å². The van der Waals surface area contributed by atoms with Gasteiger partial charge in [0.05, 0.1) is 17.3 Å². The van der Waals surface area contributed by atoms with E-state index in [4.69, 9.17) is 4.74 Å². The van der Waals surface area contributed by atoms with Crippen LogP contribution >= 0.6 is 0 Å². The van der Waals surface area contributed by atoms with Crippen LogP contribution in [-0.4, -0.2) is 34.2 Å². The summed E-state index contributed by atoms with van der Waals surface area (Å²) in [6.07, 6.45) is 2.21. The van der Waals surface area contributed by atoms with E-state index in [1.807, 2.05) is 23.9 Å². The molecular weight excluding hydrogens is 240 g/mol. The van der Waals surface area contributed by atoms with E-state index in [1.165, 1.54) is 0 Å². The van der Waals surface area contributed by atoms with Crippen LogP contribution in [0.2, 0.25) is 0 Å². The van der Waals surface area contributed by atoms with E-state index in [9.17, 15) is 5.11 Å². The summed E-state index contributed by atoms with van der Waals surface area (Å²) >= 11 is 0. The largest absolute Gasteiger partial charge is 0.392 e. The molecule has 1 atom stereocenters. The number of aliphatic hydroxyl groups is 1. The summed E-state index contributed by atoms with van der Waals surface area (Å²) < 4.78 is 7.23. The van der Waals surface area contributed by atoms with E-state index in [-0.39, 0.29) is 6.10 Å². The molecule has 1 aromatic heterocycles. The molecule has 1 aliphatic heterocycles. The molecule has 0 bridgehead atoms. The predicted octanol–water partition coefficient (Wildman–Crippen LogP) is 1.90. The van der Waals surface area contributed by atoms with Crippen molar-refractivity contribution in [3.8, 4) is 0 Å². The number of fused-ring (bicyclic) bond motifs is 1. The van der Waals surface area contributed by atoms with Crippen molar-refractivity contribution < 1.29 is 9.84 Å². The molecule has 4 heteroatoms. The van der Waals surface area contributed by atoms with Gasteiger partial charge in [-0.15, -0.1) is 0 Å². The summed E-state index contributed by atoms with van der Waals surface area (Å²) in [5, 5.41) is 16.1. The second kappa shape index (κ2) is 5.31. The third-order valence-electron chi connectivity index (χ3n) is 4.05. The monoisotopic (exact) mass is 260 g/mol. The highest BCUT2D eigenvalue weighted by atomic mass is 16.5. The zero-order valence-electron chi connectivity index (χ0n) is 11.2. The summed E-state index contributed by atoms with van der Waals surface area (Å²) in [6.45, 7) is 1.54. The number of aliphatic hydroxyl groups excluding tert-OH is 1. The molecule has 102 valence electrons. The lowest BCUT2D eigenvalue weighted by molar-refractivity contribution is 0.00813. The van der Waals surface area contributed by atoms with Crippen LogP contribution in [0.3, 0.4) is 0 Å². The Morgan fingerprint density at radius 2 is 2.11 bits per heavy atom. The van der Waals surface area contributed by atoms with Crippen molar-refractivity contribution in [2.24, 2.45) is 13.0 Å². The van der Waals surface area contributed by atoms with Crippen molar-refractivity contribution in [1.29, 1.82) is 0 Å². The lowest BCUT2D eigenvalue weighted by Gasteiger charge is -2.26. The fourth-order valence-electron chi connectivity index (χ4n) is 2.90. The third kappa shape index (κ3) is 2.51. The van der Waals surface area contributed by atoms with Crippen LogP contribution < -0.4 is 0 Å². The van der Waals surface area contributed by atoms with Gasteiger partial charge in [-0.1, -0.05) is 18.2 Å². The molecule has 1 aromatic carbocycles. The van der Waals surface area contributed by atoms with Gasteiger partial charge in [0.25, 0.3) is 0 Å². The van der Waals surface area contributed by atoms with Gasteiger partial charge in [0, 0.05) is 32.1 Å². The number of ether oxygens (including phenoxy) is 1. The van der Waals surface area contributed by atoms with E-state index >= 15 is 0 Å². The molecule has 3 rings (SSSR count). The van der Waals surface area contributed by atoms with Crippen molar-refractivity contribution in [2.75, 3.05) is 13.2 Å². The maximum Gasteiger partial charge on any atom is 0.0729 e. The second-order valence-electron chi connectivity index (χ2n) is 5.31. The van der Waals surface area contributed by atoms with Gasteiger partial charge in [-0.25, -0.2) is 0 Å². The Hall–Kier alpha value is -1.39. The molecule has 0 saturated carbocycles. The first-order valence-corrected chi connectivity index (χ1v) is 6.92. The van der Waals surface area contributed by atoms with Gasteiger partial charge in [0.15, 0.2) is 0 Å². The minimum absolute atomic E-state index is 0.317. The maximum absolute atomic E-state index is 10.4. The SMILES string of the molecule is Cn1nc(CC(O)C2CCOCC2)c2ccccc21. The van der Waals surface area contributed by atoms with Crippen molar-refractivity contribution in [3.05, 3.63) is 30.0 Å². The van der Waals surface area contributed by atoms with Crippen LogP contribution in [0.15, 0.2) is 24.3 Å². The summed E-state index contributed by atoms with van der Waals surface area (Å²) in [5.74, 6) is 0.342. The van der Waals surface area contributed by atoms with Gasteiger partial charge < -0.3 is 9.84 Å². The number of aromatic nitrogens is 2. The van der Waals surface area contributed by atoms with Crippen molar-refractivity contribution >= 4 is 10.9 Å². The average Bonchev–Trinajstić information content (AvgIpc) is 2.77. The highest BCUT2D eigenvalue weighted by Crippen LogP contribution is 2.24. The van der Waals surface area contributed by atoms with Gasteiger partial charge in [-0.2, -0.15) is 5.10 Å². The number of nitrogens with zero attached hydrogens (tertiary/aromatic N) is 2. The van der Waals surface area contributed by atoms with E-state index in [2.05, 4.69) is 17.2 Å². The fourth-order valence-corrected chi connectivity index (χ4v) is 2.90. The van der Waals surface area contributed by atoms with Gasteiger partial charge in [-0.05, 0) is 24.8 Å². The minimum Gasteiger partial charge on any atom is -0.392 e. The Balaban J connectivity index is 1.81. The van der Waals surface area contributed by atoms with Crippen LogP contribution in [0.4, 0.5) is 0 Å². The molecule has 19 heavy (non-hydrogen) atoms. The van der Waals surface area contributed by atoms with Gasteiger partial charge in [0.2, 0.25) is 0 Å². The zero-order valence-corrected chi connectivity index (χ0v) is 11.2. The molecular formula is C15H20N2O2. The highest BCUT2D eigenvalue weighted by molar-refractivity contribution is 5.81. The molecule has 2 heterocycles. The Labute approximate surface area is 113 Å². The Morgan fingerprint density at radius 3 is 2.89 bits per heavy atom. The zero-order chi connectivity index (χ0) is 13.2. The Morgan fingerprint density at radius 1 is 1.37 bits per heavy atom. The number of rotatable bonds is 3. The standard InChI is InChI=1S/C15H20N2O2/c1-17-14-5-3-2-4-12(14)13(16-17)10-15(18)11-6-8-19-9-7-11/h2-5,11,15,18H,6-10H2,1H3. The van der Waals surface area contributed by atoms with Crippen LogP contribution in [0, 0.1) is 5.92 Å². The number of hydrogen-bond acceptors (Lipinski definition) is 3. The fraction of sp³-hybridized carbons (Fsp3) is 0.533. The van der Waals surface area contributed by atoms with E-state index < -0.39 is 0 Å². The highest BCUT2D eigenvalue weighted by Gasteiger charge is 2.24. The van der Waals surface area contributed by atoms with E-state index in [0.29, 0.717) is 12.3 Å². The predicted molar refractivity (Wildman–Crippen MR) is 74.0 cm³/mol. The van der Waals surface area contributed by atoms with E-state index in [1.54, 1.807) is 0 Å². The quantitative estimate of drug-likeness (QED) is 0.917. The lowest BCUT2D eigenvalue weighted by Crippen LogP contribution is -2.29. The number of hydrogen-bond donors (Lipinski definition) is 1. The third-order valence-corrected chi connectivity index (χ3v) is 4.05. The van der Waals surface area contributed by atoms with Gasteiger partial charge in [-0.3, -0.25) is 4.68 Å². The van der Waals surface area contributed by atoms with Gasteiger partial charge >= 0.3 is 0 Å². The summed E-state index contributed by atoms with van der Waals surface area (Å²) in [7, 11) is 1.95. The molecule has 1 fully saturated rings. The Bertz CT molecular complexity index is 558. The summed E-state index contributed by atoms with van der Waals surface area (Å²) in [4.78, 5) is 0. The molecule has 1 unspecified atom stereocenters. The second-order valence-corrected chi connectivity index (χ2v) is 5.31. The summed E-state index contributed by atoms with van der Waals surface area (Å²) in [6, 6.07) is 8.18. The summed E-state index contributed by atoms with van der Waals surface area (Å²) in [5.41, 5.74) is 2.12. The van der Waals surface area contributed by atoms with Gasteiger partial charge in [0.1, 0.15) is 0 Å². The minimum atomic E-state index is -0.317. The molecule has 1 aliphatic rings. The molecule has 1 N–H and O–H groups in total. The van der Waals surface area contributed by atoms with Crippen LogP contribution in [0.25, 0.3) is 10.9 Å². The lowest BCUT2D eigenvalue weighted by atomic mass is 9.91. The first-order chi connectivity index (χ1) is 9.25. The topological polar surface area (TPSA) is 47.3 Å². The molecule has 1 saturated heterocycles. The average molecular weight is 260 g/mol. The molecule has 2 aromatic rings. The van der Waals surface area contributed by atoms with Crippen molar-refractivity contribution in [3.63, 3.8) is 0 Å². The molecule has 0 spiro atoms. The Kier molecular flexibility index (Phi) is 3.53.